The van der Waals surface area contributed by atoms with E-state index in [9.17, 15) is 0 Å². The monoisotopic (exact) mass is 582 g/mol. The molecular formula is C40H23Br. The van der Waals surface area contributed by atoms with Crippen LogP contribution >= 0.6 is 15.9 Å². The van der Waals surface area contributed by atoms with E-state index < -0.39 is 0 Å². The zero-order chi connectivity index (χ0) is 27.1. The maximum absolute atomic E-state index is 3.81. The van der Waals surface area contributed by atoms with Crippen LogP contribution in [-0.4, -0.2) is 0 Å². The minimum atomic E-state index is 1.09. The third kappa shape index (κ3) is 3.21. The summed E-state index contributed by atoms with van der Waals surface area (Å²) in [4.78, 5) is 0. The summed E-state index contributed by atoms with van der Waals surface area (Å²) in [5.41, 5.74) is 10.4. The Balaban J connectivity index is 1.57. The Morgan fingerprint density at radius 3 is 1.76 bits per heavy atom. The molecule has 0 atom stereocenters. The molecule has 0 saturated carbocycles. The van der Waals surface area contributed by atoms with Gasteiger partial charge in [0.15, 0.2) is 0 Å². The van der Waals surface area contributed by atoms with Crippen LogP contribution in [0.1, 0.15) is 0 Å². The van der Waals surface area contributed by atoms with Gasteiger partial charge in [-0.1, -0.05) is 137 Å². The van der Waals surface area contributed by atoms with Crippen LogP contribution in [0.3, 0.4) is 0 Å². The smallest absolute Gasteiger partial charge is 0.0181 e. The molecule has 0 unspecified atom stereocenters. The van der Waals surface area contributed by atoms with Crippen molar-refractivity contribution in [1.29, 1.82) is 0 Å². The zero-order valence-corrected chi connectivity index (χ0v) is 23.7. The number of rotatable bonds is 2. The highest BCUT2D eigenvalue weighted by atomic mass is 79.9. The van der Waals surface area contributed by atoms with Gasteiger partial charge in [-0.15, -0.1) is 0 Å². The van der Waals surface area contributed by atoms with Crippen molar-refractivity contribution in [3.8, 4) is 44.5 Å². The predicted octanol–water partition coefficient (Wildman–Crippen LogP) is 12.0. The van der Waals surface area contributed by atoms with E-state index in [0.717, 1.165) is 4.47 Å². The number of benzene rings is 8. The summed E-state index contributed by atoms with van der Waals surface area (Å²) in [6, 6.07) is 51.4. The van der Waals surface area contributed by atoms with Crippen LogP contribution < -0.4 is 0 Å². The lowest BCUT2D eigenvalue weighted by Crippen LogP contribution is -1.93. The summed E-state index contributed by atoms with van der Waals surface area (Å²) < 4.78 is 1.09. The summed E-state index contributed by atoms with van der Waals surface area (Å²) in [6.07, 6.45) is 0. The molecule has 0 aliphatic heterocycles. The SMILES string of the molecule is Brc1ccc2c(-c3ccccc3)c3c(c(-c4ccccc4)c2c1)-c1cccc2c1c-3cc1c3ccccc3ccc21. The molecule has 9 rings (SSSR count). The average molecular weight is 584 g/mol. The first-order valence-corrected chi connectivity index (χ1v) is 14.9. The second kappa shape index (κ2) is 8.64. The van der Waals surface area contributed by atoms with Crippen LogP contribution in [0.25, 0.3) is 87.6 Å². The van der Waals surface area contributed by atoms with Gasteiger partial charge in [0.25, 0.3) is 0 Å². The summed E-state index contributed by atoms with van der Waals surface area (Å²) in [7, 11) is 0. The van der Waals surface area contributed by atoms with Crippen LogP contribution in [0, 0.1) is 0 Å². The first kappa shape index (κ1) is 23.0. The molecule has 0 aromatic heterocycles. The van der Waals surface area contributed by atoms with Crippen molar-refractivity contribution in [1.82, 2.24) is 0 Å². The quantitative estimate of drug-likeness (QED) is 0.178. The van der Waals surface area contributed by atoms with Gasteiger partial charge in [0, 0.05) is 4.47 Å². The highest BCUT2D eigenvalue weighted by Crippen LogP contribution is 2.59. The van der Waals surface area contributed by atoms with Crippen LogP contribution in [0.5, 0.6) is 0 Å². The third-order valence-corrected chi connectivity index (χ3v) is 9.31. The molecule has 190 valence electrons. The van der Waals surface area contributed by atoms with E-state index >= 15 is 0 Å². The van der Waals surface area contributed by atoms with Gasteiger partial charge in [0.1, 0.15) is 0 Å². The molecule has 0 nitrogen and oxygen atoms in total. The molecular weight excluding hydrogens is 560 g/mol. The molecule has 1 heteroatoms. The molecule has 0 radical (unpaired) electrons. The minimum Gasteiger partial charge on any atom is -0.0622 e. The standard InChI is InChI=1S/C40H23Br/c41-27-19-21-31-34(22-27)37(26-13-5-2-6-14-26)39-32-17-9-16-30-29-20-18-24-10-7-8-15-28(24)33(29)23-35(38(30)32)40(39)36(31)25-11-3-1-4-12-25/h1-23H. The van der Waals surface area contributed by atoms with E-state index in [1.165, 1.54) is 87.6 Å². The van der Waals surface area contributed by atoms with E-state index in [1.54, 1.807) is 0 Å². The average Bonchev–Trinajstić information content (AvgIpc) is 3.35. The molecule has 0 spiro atoms. The van der Waals surface area contributed by atoms with Crippen molar-refractivity contribution < 1.29 is 0 Å². The fraction of sp³-hybridized carbons (Fsp3) is 0. The Morgan fingerprint density at radius 1 is 0.341 bits per heavy atom. The Morgan fingerprint density at radius 2 is 0.976 bits per heavy atom. The first-order valence-electron chi connectivity index (χ1n) is 14.1. The van der Waals surface area contributed by atoms with E-state index in [2.05, 4.69) is 155 Å². The normalized spacial score (nSPS) is 12.0. The Kier molecular flexibility index (Phi) is 4.85. The molecule has 0 N–H and O–H groups in total. The molecule has 8 aromatic carbocycles. The van der Waals surface area contributed by atoms with Gasteiger partial charge in [0.05, 0.1) is 0 Å². The van der Waals surface area contributed by atoms with Crippen LogP contribution in [0.15, 0.2) is 144 Å². The van der Waals surface area contributed by atoms with Gasteiger partial charge in [-0.05, 0) is 106 Å². The van der Waals surface area contributed by atoms with Crippen LogP contribution in [0.2, 0.25) is 0 Å². The second-order valence-corrected chi connectivity index (χ2v) is 11.9. The predicted molar refractivity (Wildman–Crippen MR) is 179 cm³/mol. The van der Waals surface area contributed by atoms with Crippen molar-refractivity contribution in [3.05, 3.63) is 144 Å². The van der Waals surface area contributed by atoms with Gasteiger partial charge in [-0.25, -0.2) is 0 Å². The van der Waals surface area contributed by atoms with E-state index in [1.807, 2.05) is 0 Å². The molecule has 41 heavy (non-hydrogen) atoms. The fourth-order valence-corrected chi connectivity index (χ4v) is 7.54. The van der Waals surface area contributed by atoms with Gasteiger partial charge < -0.3 is 0 Å². The van der Waals surface area contributed by atoms with Gasteiger partial charge in [-0.3, -0.25) is 0 Å². The molecule has 0 heterocycles. The Labute approximate surface area is 246 Å². The Bertz CT molecular complexity index is 2350. The van der Waals surface area contributed by atoms with Gasteiger partial charge in [0.2, 0.25) is 0 Å². The van der Waals surface area contributed by atoms with Crippen LogP contribution in [-0.2, 0) is 0 Å². The number of fused-ring (bicyclic) bond motifs is 8. The molecule has 0 fully saturated rings. The van der Waals surface area contributed by atoms with Crippen LogP contribution in [0.4, 0.5) is 0 Å². The molecule has 8 aromatic rings. The minimum absolute atomic E-state index is 1.09. The first-order chi connectivity index (χ1) is 20.3. The van der Waals surface area contributed by atoms with Crippen molar-refractivity contribution in [2.24, 2.45) is 0 Å². The van der Waals surface area contributed by atoms with Crippen molar-refractivity contribution in [2.75, 3.05) is 0 Å². The van der Waals surface area contributed by atoms with Crippen molar-refractivity contribution in [3.63, 3.8) is 0 Å². The Hall–Kier alpha value is -4.72. The number of hydrogen-bond donors (Lipinski definition) is 0. The lowest BCUT2D eigenvalue weighted by molar-refractivity contribution is 1.61. The second-order valence-electron chi connectivity index (χ2n) is 11.0. The summed E-state index contributed by atoms with van der Waals surface area (Å²) >= 11 is 3.81. The number of hydrogen-bond acceptors (Lipinski definition) is 0. The molecule has 1 aliphatic carbocycles. The van der Waals surface area contributed by atoms with Gasteiger partial charge >= 0.3 is 0 Å². The summed E-state index contributed by atoms with van der Waals surface area (Å²) in [5, 5.41) is 10.4. The highest BCUT2D eigenvalue weighted by Gasteiger charge is 2.31. The van der Waals surface area contributed by atoms with E-state index in [4.69, 9.17) is 0 Å². The lowest BCUT2D eigenvalue weighted by Gasteiger charge is -2.20. The zero-order valence-electron chi connectivity index (χ0n) is 22.2. The van der Waals surface area contributed by atoms with E-state index in [0.29, 0.717) is 0 Å². The fourth-order valence-electron chi connectivity index (χ4n) is 7.18. The molecule has 1 aliphatic rings. The molecule has 0 bridgehead atoms. The topological polar surface area (TPSA) is 0 Å². The van der Waals surface area contributed by atoms with E-state index in [-0.39, 0.29) is 0 Å². The number of halogens is 1. The van der Waals surface area contributed by atoms with Crippen molar-refractivity contribution in [2.45, 2.75) is 0 Å². The van der Waals surface area contributed by atoms with Gasteiger partial charge in [-0.2, -0.15) is 0 Å². The maximum Gasteiger partial charge on any atom is 0.0181 e. The summed E-state index contributed by atoms with van der Waals surface area (Å²) in [6.45, 7) is 0. The highest BCUT2D eigenvalue weighted by molar-refractivity contribution is 9.10. The largest absolute Gasteiger partial charge is 0.0622 e. The molecule has 0 saturated heterocycles. The lowest BCUT2D eigenvalue weighted by atomic mass is 9.82. The maximum atomic E-state index is 3.81. The summed E-state index contributed by atoms with van der Waals surface area (Å²) in [5.74, 6) is 0. The molecule has 0 amide bonds. The third-order valence-electron chi connectivity index (χ3n) is 8.82. The van der Waals surface area contributed by atoms with Crippen molar-refractivity contribution >= 4 is 59.0 Å².